The lowest BCUT2D eigenvalue weighted by Gasteiger charge is -2.38. The Balaban J connectivity index is 0.000000324. The van der Waals surface area contributed by atoms with Gasteiger partial charge in [0.05, 0.1) is 82.2 Å². The highest BCUT2D eigenvalue weighted by molar-refractivity contribution is 7.91. The van der Waals surface area contributed by atoms with Gasteiger partial charge in [0.25, 0.3) is 0 Å². The molecule has 0 aliphatic carbocycles. The summed E-state index contributed by atoms with van der Waals surface area (Å²) in [5.41, 5.74) is 1.58. The van der Waals surface area contributed by atoms with Crippen molar-refractivity contribution >= 4 is 42.3 Å². The number of benzene rings is 2. The molecule has 502 valence electrons. The van der Waals surface area contributed by atoms with E-state index in [1.165, 1.54) is 0 Å². The molecule has 0 bridgehead atoms. The number of carbonyl (C=O) groups excluding carboxylic acids is 1. The molecule has 13 nitrogen and oxygen atoms in total. The minimum Gasteiger partial charge on any atom is -0.465 e. The zero-order chi connectivity index (χ0) is 66.0. The second kappa shape index (κ2) is 32.1. The van der Waals surface area contributed by atoms with Gasteiger partial charge in [-0.2, -0.15) is 0 Å². The first-order valence-electron chi connectivity index (χ1n) is 33.3. The molecule has 0 aromatic heterocycles. The lowest BCUT2D eigenvalue weighted by molar-refractivity contribution is -0.153. The highest BCUT2D eigenvalue weighted by Gasteiger charge is 2.49. The Bertz CT molecular complexity index is 2740. The molecule has 4 saturated heterocycles. The number of aliphatic hydroxyl groups is 1. The standard InChI is InChI=1S/C38H64O7SSi.C33H56O6SSi/c1-26(24-43-47(11,12)38(8,9)10)21-33-29(4)32(25-46(40,41)31-18-14-13-15-19-31)35(45-33)23-34-28(3)27(2)22-30(44-34)17-16-20-42-36(39)37(5,6)7;1-23(21-37-41(8,9)33(5,6)7)18-30-26(4)29(22-40(35,36)28-15-11-10-12-16-28)32(39-30)20-31-25(3)24(2)19-27(38-31)14-13-17-34/h13-15,18-19,26-27,29-30,32-35H,3,16-17,20-25H2,1-2,4-12H3;10-12,15-16,23-24,26-27,29-32,34H,3,13-14,17-22H2,1-2,4-9H3/t26-,27+,29+,30-,32+,33+,34?,35-;23-,24+,26+,27-,29+,30+,31?,32-/m00/s1. The van der Waals surface area contributed by atoms with Crippen molar-refractivity contribution in [1.82, 2.24) is 0 Å². The summed E-state index contributed by atoms with van der Waals surface area (Å²) in [6, 6.07) is 17.5. The van der Waals surface area contributed by atoms with Gasteiger partial charge < -0.3 is 37.6 Å². The van der Waals surface area contributed by atoms with Crippen molar-refractivity contribution in [3.63, 3.8) is 0 Å². The summed E-state index contributed by atoms with van der Waals surface area (Å²) in [6.45, 7) is 52.0. The predicted octanol–water partition coefficient (Wildman–Crippen LogP) is 15.7. The molecular formula is C71H120O13S2Si2. The predicted molar refractivity (Wildman–Crippen MR) is 362 cm³/mol. The molecule has 6 rings (SSSR count). The highest BCUT2D eigenvalue weighted by atomic mass is 32.2. The van der Waals surface area contributed by atoms with E-state index in [1.807, 2.05) is 32.9 Å². The second-order valence-corrected chi connectivity index (χ2v) is 45.0. The van der Waals surface area contributed by atoms with E-state index in [1.54, 1.807) is 48.5 Å². The number of hydrogen-bond donors (Lipinski definition) is 1. The average molecular weight is 1300 g/mol. The van der Waals surface area contributed by atoms with E-state index < -0.39 is 41.7 Å². The van der Waals surface area contributed by atoms with Crippen molar-refractivity contribution < 1.29 is 59.3 Å². The first kappa shape index (κ1) is 76.2. The maximum Gasteiger partial charge on any atom is 0.311 e. The topological polar surface area (TPSA) is 170 Å². The van der Waals surface area contributed by atoms with E-state index in [9.17, 15) is 26.7 Å². The molecule has 16 atom stereocenters. The van der Waals surface area contributed by atoms with Crippen LogP contribution in [-0.4, -0.2) is 131 Å². The van der Waals surface area contributed by atoms with Crippen molar-refractivity contribution in [1.29, 1.82) is 0 Å². The fourth-order valence-electron chi connectivity index (χ4n) is 12.4. The maximum atomic E-state index is 13.7. The van der Waals surface area contributed by atoms with E-state index in [0.717, 1.165) is 56.1 Å². The summed E-state index contributed by atoms with van der Waals surface area (Å²) in [7, 11) is -10.7. The molecule has 4 aliphatic rings. The zero-order valence-corrected chi connectivity index (χ0v) is 61.5. The van der Waals surface area contributed by atoms with Crippen LogP contribution >= 0.6 is 0 Å². The molecule has 2 aromatic carbocycles. The number of aliphatic hydroxyl groups excluding tert-OH is 1. The van der Waals surface area contributed by atoms with Crippen molar-refractivity contribution in [3.8, 4) is 0 Å². The van der Waals surface area contributed by atoms with E-state index in [-0.39, 0.29) is 118 Å². The molecule has 17 heteroatoms. The number of sulfone groups is 2. The fourth-order valence-corrected chi connectivity index (χ4v) is 18.2. The highest BCUT2D eigenvalue weighted by Crippen LogP contribution is 2.46. The van der Waals surface area contributed by atoms with Crippen LogP contribution in [0.25, 0.3) is 0 Å². The molecule has 4 heterocycles. The molecule has 0 saturated carbocycles. The maximum absolute atomic E-state index is 13.7. The van der Waals surface area contributed by atoms with Crippen LogP contribution in [0, 0.1) is 52.8 Å². The van der Waals surface area contributed by atoms with Gasteiger partial charge in [-0.1, -0.05) is 133 Å². The molecule has 0 amide bonds. The lowest BCUT2D eigenvalue weighted by atomic mass is 9.82. The van der Waals surface area contributed by atoms with Gasteiger partial charge in [0.2, 0.25) is 0 Å². The summed E-state index contributed by atoms with van der Waals surface area (Å²) < 4.78 is 99.8. The smallest absolute Gasteiger partial charge is 0.311 e. The first-order chi connectivity index (χ1) is 40.7. The van der Waals surface area contributed by atoms with Crippen LogP contribution in [0.4, 0.5) is 0 Å². The Labute approximate surface area is 537 Å². The van der Waals surface area contributed by atoms with Crippen molar-refractivity contribution in [3.05, 3.63) is 85.0 Å². The minimum atomic E-state index is -3.52. The van der Waals surface area contributed by atoms with Crippen LogP contribution in [-0.2, 0) is 57.0 Å². The van der Waals surface area contributed by atoms with Crippen LogP contribution in [0.15, 0.2) is 94.8 Å². The van der Waals surface area contributed by atoms with Gasteiger partial charge in [-0.25, -0.2) is 16.8 Å². The molecule has 2 aromatic rings. The molecule has 1 N–H and O–H groups in total. The summed E-state index contributed by atoms with van der Waals surface area (Å²) in [6.07, 6.45) is 6.66. The van der Waals surface area contributed by atoms with Gasteiger partial charge in [-0.15, -0.1) is 0 Å². The van der Waals surface area contributed by atoms with Crippen molar-refractivity contribution in [2.45, 2.75) is 263 Å². The molecule has 2 unspecified atom stereocenters. The number of esters is 1. The van der Waals surface area contributed by atoms with Crippen LogP contribution in [0.3, 0.4) is 0 Å². The van der Waals surface area contributed by atoms with Crippen molar-refractivity contribution in [2.24, 2.45) is 52.8 Å². The van der Waals surface area contributed by atoms with Gasteiger partial charge in [0.15, 0.2) is 36.3 Å². The largest absolute Gasteiger partial charge is 0.465 e. The first-order valence-corrected chi connectivity index (χ1v) is 42.4. The molecular weight excluding hydrogens is 1180 g/mol. The van der Waals surface area contributed by atoms with Crippen LogP contribution in [0.2, 0.25) is 36.3 Å². The van der Waals surface area contributed by atoms with Gasteiger partial charge in [-0.05, 0) is 179 Å². The molecule has 4 fully saturated rings. The number of carbonyl (C=O) groups is 1. The summed E-state index contributed by atoms with van der Waals surface area (Å²) in [5.74, 6) is 0.847. The minimum absolute atomic E-state index is 0.0162. The van der Waals surface area contributed by atoms with Gasteiger partial charge in [0.1, 0.15) is 0 Å². The second-order valence-electron chi connectivity index (χ2n) is 31.3. The summed E-state index contributed by atoms with van der Waals surface area (Å²) in [4.78, 5) is 12.9. The van der Waals surface area contributed by atoms with E-state index in [2.05, 4.69) is 122 Å². The normalized spacial score (nSPS) is 29.3. The average Bonchev–Trinajstić information content (AvgIpc) is 3.43. The zero-order valence-electron chi connectivity index (χ0n) is 57.9. The lowest BCUT2D eigenvalue weighted by Crippen LogP contribution is -2.42. The van der Waals surface area contributed by atoms with Crippen LogP contribution in [0.1, 0.15) is 168 Å². The van der Waals surface area contributed by atoms with Gasteiger partial charge in [0, 0.05) is 44.5 Å². The van der Waals surface area contributed by atoms with Gasteiger partial charge in [-0.3, -0.25) is 4.79 Å². The quantitative estimate of drug-likeness (QED) is 0.0388. The van der Waals surface area contributed by atoms with Crippen LogP contribution < -0.4 is 0 Å². The molecule has 88 heavy (non-hydrogen) atoms. The molecule has 0 radical (unpaired) electrons. The van der Waals surface area contributed by atoms with Crippen molar-refractivity contribution in [2.75, 3.05) is 37.9 Å². The Morgan fingerprint density at radius 3 is 1.30 bits per heavy atom. The Morgan fingerprint density at radius 2 is 0.955 bits per heavy atom. The number of rotatable bonds is 27. The third kappa shape index (κ3) is 21.5. The third-order valence-corrected chi connectivity index (χ3v) is 33.3. The van der Waals surface area contributed by atoms with Crippen LogP contribution in [0.5, 0.6) is 0 Å². The Morgan fingerprint density at radius 1 is 0.591 bits per heavy atom. The fraction of sp³-hybridized carbons (Fsp3) is 0.761. The van der Waals surface area contributed by atoms with Gasteiger partial charge >= 0.3 is 5.97 Å². The number of hydrogen-bond acceptors (Lipinski definition) is 13. The Hall–Kier alpha value is -2.56. The monoisotopic (exact) mass is 1300 g/mol. The SMILES string of the molecule is C=C1C(C[C@@H]2O[C@H](C[C@H](C)CO[Si](C)(C)C(C)(C)C)[C@H](C)[C@H]2CS(=O)(=O)c2ccccc2)O[C@@H](CCCO)C[C@H]1C.C=C1C(C[C@@H]2O[C@H](C[C@H](C)CO[Si](C)(C)C(C)(C)C)[C@H](C)[C@H]2CS(=O)(=O)c2ccccc2)O[C@@H](CCCOC(=O)C(C)(C)C)C[C@H]1C. The van der Waals surface area contributed by atoms with E-state index >= 15 is 0 Å². The summed E-state index contributed by atoms with van der Waals surface area (Å²) >= 11 is 0. The Kier molecular flexibility index (Phi) is 27.7. The summed E-state index contributed by atoms with van der Waals surface area (Å²) in [5, 5.41) is 9.64. The molecule has 0 spiro atoms. The van der Waals surface area contributed by atoms with E-state index in [0.29, 0.717) is 60.7 Å². The molecule has 4 aliphatic heterocycles. The van der Waals surface area contributed by atoms with E-state index in [4.69, 9.17) is 32.5 Å². The number of ether oxygens (including phenoxy) is 5. The third-order valence-electron chi connectivity index (χ3n) is 20.7.